The zero-order chi connectivity index (χ0) is 14.0. The molecule has 0 aliphatic heterocycles. The van der Waals surface area contributed by atoms with Crippen molar-refractivity contribution in [3.05, 3.63) is 10.6 Å². The van der Waals surface area contributed by atoms with Crippen LogP contribution in [0.4, 0.5) is 13.9 Å². The van der Waals surface area contributed by atoms with Crippen molar-refractivity contribution in [2.45, 2.75) is 32.1 Å². The molecule has 1 heterocycles. The van der Waals surface area contributed by atoms with Gasteiger partial charge in [0.2, 0.25) is 0 Å². The number of ether oxygens (including phenoxy) is 1. The van der Waals surface area contributed by atoms with Gasteiger partial charge in [-0.1, -0.05) is 0 Å². The molecule has 1 unspecified atom stereocenters. The van der Waals surface area contributed by atoms with Crippen LogP contribution in [0.5, 0.6) is 0 Å². The molecule has 4 nitrogen and oxygen atoms in total. The van der Waals surface area contributed by atoms with Crippen LogP contribution in [0.1, 0.15) is 29.8 Å². The molecule has 7 heteroatoms. The summed E-state index contributed by atoms with van der Waals surface area (Å²) < 4.78 is 29.7. The van der Waals surface area contributed by atoms with Crippen LogP contribution in [0.25, 0.3) is 0 Å². The van der Waals surface area contributed by atoms with E-state index in [2.05, 4.69) is 4.98 Å². The smallest absolute Gasteiger partial charge is 0.315 e. The van der Waals surface area contributed by atoms with Crippen molar-refractivity contribution in [3.8, 4) is 0 Å². The SMILES string of the molecule is CCOC(=O)C1CCc2sc(N(C)CC(F)F)nc21. The van der Waals surface area contributed by atoms with E-state index in [-0.39, 0.29) is 18.4 Å². The van der Waals surface area contributed by atoms with E-state index >= 15 is 0 Å². The van der Waals surface area contributed by atoms with Crippen LogP contribution in [0, 0.1) is 0 Å². The first-order valence-electron chi connectivity index (χ1n) is 6.18. The maximum atomic E-state index is 12.3. The highest BCUT2D eigenvalue weighted by atomic mass is 32.1. The lowest BCUT2D eigenvalue weighted by Crippen LogP contribution is -2.24. The number of alkyl halides is 2. The number of nitrogens with zero attached hydrogens (tertiary/aromatic N) is 2. The Morgan fingerprint density at radius 3 is 3.00 bits per heavy atom. The standard InChI is InChI=1S/C12H16F2N2O2S/c1-3-18-11(17)7-4-5-8-10(7)15-12(19-8)16(2)6-9(13)14/h7,9H,3-6H2,1-2H3. The molecule has 0 amide bonds. The number of aromatic nitrogens is 1. The highest BCUT2D eigenvalue weighted by Crippen LogP contribution is 2.39. The Hall–Kier alpha value is -1.24. The maximum Gasteiger partial charge on any atom is 0.315 e. The quantitative estimate of drug-likeness (QED) is 0.781. The highest BCUT2D eigenvalue weighted by Gasteiger charge is 2.34. The number of thiazole rings is 1. The van der Waals surface area contributed by atoms with E-state index in [1.807, 2.05) is 0 Å². The highest BCUT2D eigenvalue weighted by molar-refractivity contribution is 7.15. The van der Waals surface area contributed by atoms with Crippen molar-refractivity contribution < 1.29 is 18.3 Å². The summed E-state index contributed by atoms with van der Waals surface area (Å²) in [5.41, 5.74) is 0.708. The van der Waals surface area contributed by atoms with Crippen LogP contribution in [0.2, 0.25) is 0 Å². The third-order valence-corrected chi connectivity index (χ3v) is 4.26. The molecule has 0 N–H and O–H groups in total. The van der Waals surface area contributed by atoms with Gasteiger partial charge < -0.3 is 9.64 Å². The van der Waals surface area contributed by atoms with Crippen molar-refractivity contribution in [3.63, 3.8) is 0 Å². The monoisotopic (exact) mass is 290 g/mol. The number of esters is 1. The van der Waals surface area contributed by atoms with E-state index in [1.54, 1.807) is 14.0 Å². The van der Waals surface area contributed by atoms with Gasteiger partial charge in [-0.25, -0.2) is 13.8 Å². The molecule has 1 aromatic heterocycles. The van der Waals surface area contributed by atoms with Gasteiger partial charge in [0.25, 0.3) is 6.43 Å². The van der Waals surface area contributed by atoms with E-state index in [1.165, 1.54) is 16.2 Å². The number of rotatable bonds is 5. The Morgan fingerprint density at radius 1 is 1.63 bits per heavy atom. The fourth-order valence-corrected chi connectivity index (χ4v) is 3.24. The second-order valence-electron chi connectivity index (χ2n) is 4.42. The van der Waals surface area contributed by atoms with Gasteiger partial charge in [-0.05, 0) is 19.8 Å². The predicted molar refractivity (Wildman–Crippen MR) is 69.1 cm³/mol. The molecule has 0 saturated heterocycles. The number of anilines is 1. The Morgan fingerprint density at radius 2 is 2.37 bits per heavy atom. The summed E-state index contributed by atoms with van der Waals surface area (Å²) in [5, 5.41) is 0.541. The summed E-state index contributed by atoms with van der Waals surface area (Å²) in [6.07, 6.45) is -0.935. The average molecular weight is 290 g/mol. The van der Waals surface area contributed by atoms with Gasteiger partial charge in [-0.2, -0.15) is 0 Å². The number of hydrogen-bond donors (Lipinski definition) is 0. The summed E-state index contributed by atoms with van der Waals surface area (Å²) in [4.78, 5) is 18.5. The first-order chi connectivity index (χ1) is 9.02. The van der Waals surface area contributed by atoms with Gasteiger partial charge in [0.15, 0.2) is 5.13 Å². The van der Waals surface area contributed by atoms with Gasteiger partial charge in [-0.15, -0.1) is 11.3 Å². The van der Waals surface area contributed by atoms with Crippen LogP contribution >= 0.6 is 11.3 Å². The minimum absolute atomic E-state index is 0.269. The predicted octanol–water partition coefficient (Wildman–Crippen LogP) is 2.44. The molecule has 0 fully saturated rings. The second-order valence-corrected chi connectivity index (χ2v) is 5.48. The summed E-state index contributed by atoms with van der Waals surface area (Å²) in [6.45, 7) is 1.75. The number of fused-ring (bicyclic) bond motifs is 1. The molecule has 1 aromatic rings. The molecule has 0 saturated carbocycles. The molecular weight excluding hydrogens is 274 g/mol. The lowest BCUT2D eigenvalue weighted by Gasteiger charge is -2.15. The Kier molecular flexibility index (Phi) is 4.34. The van der Waals surface area contributed by atoms with Crippen molar-refractivity contribution in [2.24, 2.45) is 0 Å². The zero-order valence-electron chi connectivity index (χ0n) is 10.9. The minimum Gasteiger partial charge on any atom is -0.465 e. The molecule has 1 aliphatic carbocycles. The number of halogens is 2. The topological polar surface area (TPSA) is 42.4 Å². The van der Waals surface area contributed by atoms with Gasteiger partial charge >= 0.3 is 5.97 Å². The molecule has 0 aromatic carbocycles. The first kappa shape index (κ1) is 14.2. The van der Waals surface area contributed by atoms with Crippen molar-refractivity contribution in [1.29, 1.82) is 0 Å². The number of carbonyl (C=O) groups excluding carboxylic acids is 1. The largest absolute Gasteiger partial charge is 0.465 e. The summed E-state index contributed by atoms with van der Waals surface area (Å²) in [7, 11) is 1.58. The summed E-state index contributed by atoms with van der Waals surface area (Å²) in [5.74, 6) is -0.602. The molecule has 0 radical (unpaired) electrons. The fourth-order valence-electron chi connectivity index (χ4n) is 2.13. The molecule has 106 valence electrons. The molecule has 0 spiro atoms. The average Bonchev–Trinajstić information content (AvgIpc) is 2.86. The van der Waals surface area contributed by atoms with Crippen LogP contribution < -0.4 is 4.90 Å². The Balaban J connectivity index is 2.13. The second kappa shape index (κ2) is 5.81. The molecule has 1 atom stereocenters. The zero-order valence-corrected chi connectivity index (χ0v) is 11.7. The number of hydrogen-bond acceptors (Lipinski definition) is 5. The first-order valence-corrected chi connectivity index (χ1v) is 7.00. The maximum absolute atomic E-state index is 12.3. The van der Waals surface area contributed by atoms with E-state index in [9.17, 15) is 13.6 Å². The van der Waals surface area contributed by atoms with Crippen molar-refractivity contribution in [1.82, 2.24) is 4.98 Å². The van der Waals surface area contributed by atoms with E-state index in [0.717, 1.165) is 11.3 Å². The molecule has 19 heavy (non-hydrogen) atoms. The van der Waals surface area contributed by atoms with Crippen molar-refractivity contribution in [2.75, 3.05) is 25.1 Å². The van der Waals surface area contributed by atoms with Crippen LogP contribution in [-0.2, 0) is 16.0 Å². The molecule has 1 aliphatic rings. The fraction of sp³-hybridized carbons (Fsp3) is 0.667. The van der Waals surface area contributed by atoms with Crippen LogP contribution in [-0.4, -0.2) is 37.6 Å². The Bertz CT molecular complexity index is 465. The van der Waals surface area contributed by atoms with Gasteiger partial charge in [0, 0.05) is 11.9 Å². The van der Waals surface area contributed by atoms with Gasteiger partial charge in [-0.3, -0.25) is 4.79 Å². The third-order valence-electron chi connectivity index (χ3n) is 3.02. The summed E-state index contributed by atoms with van der Waals surface area (Å²) in [6, 6.07) is 0. The van der Waals surface area contributed by atoms with Gasteiger partial charge in [0.1, 0.15) is 5.92 Å². The molecule has 2 rings (SSSR count). The van der Waals surface area contributed by atoms with E-state index in [4.69, 9.17) is 4.74 Å². The van der Waals surface area contributed by atoms with E-state index < -0.39 is 6.43 Å². The molecule has 0 bridgehead atoms. The minimum atomic E-state index is -2.40. The Labute approximate surface area is 114 Å². The summed E-state index contributed by atoms with van der Waals surface area (Å²) >= 11 is 1.39. The van der Waals surface area contributed by atoms with Gasteiger partial charge in [0.05, 0.1) is 18.8 Å². The van der Waals surface area contributed by atoms with Crippen LogP contribution in [0.15, 0.2) is 0 Å². The lowest BCUT2D eigenvalue weighted by atomic mass is 10.1. The number of carbonyl (C=O) groups is 1. The molecular formula is C12H16F2N2O2S. The van der Waals surface area contributed by atoms with Crippen LogP contribution in [0.3, 0.4) is 0 Å². The normalized spacial score (nSPS) is 17.6. The lowest BCUT2D eigenvalue weighted by molar-refractivity contribution is -0.145. The third kappa shape index (κ3) is 3.02. The number of aryl methyl sites for hydroxylation is 1. The van der Waals surface area contributed by atoms with Crippen molar-refractivity contribution >= 4 is 22.4 Å². The van der Waals surface area contributed by atoms with E-state index in [0.29, 0.717) is 23.9 Å².